The Balaban J connectivity index is 1.12. The van der Waals surface area contributed by atoms with E-state index in [9.17, 15) is 4.79 Å². The summed E-state index contributed by atoms with van der Waals surface area (Å²) in [4.78, 5) is 22.6. The van der Waals surface area contributed by atoms with Crippen LogP contribution < -0.4 is 4.90 Å². The highest BCUT2D eigenvalue weighted by molar-refractivity contribution is 5.90. The highest BCUT2D eigenvalue weighted by atomic mass is 16.5. The second-order valence-corrected chi connectivity index (χ2v) is 12.4. The molecule has 7 rings (SSSR count). The fourth-order valence-corrected chi connectivity index (χ4v) is 7.03. The van der Waals surface area contributed by atoms with E-state index in [-0.39, 0.29) is 5.97 Å². The Hall–Kier alpha value is -3.97. The average molecular weight is 576 g/mol. The molecule has 3 aliphatic rings. The maximum atomic E-state index is 12.4. The molecule has 2 aromatic carbocycles. The number of rotatable bonds is 8. The van der Waals surface area contributed by atoms with Crippen LogP contribution in [0.2, 0.25) is 0 Å². The molecular weight excluding hydrogens is 534 g/mol. The number of carbonyl (C=O) groups is 1. The number of piperidine rings is 1. The van der Waals surface area contributed by atoms with E-state index in [0.717, 1.165) is 42.5 Å². The van der Waals surface area contributed by atoms with Crippen molar-refractivity contribution in [2.45, 2.75) is 71.4 Å². The topological polar surface area (TPSA) is 63.5 Å². The summed E-state index contributed by atoms with van der Waals surface area (Å²) in [7, 11) is 0. The largest absolute Gasteiger partial charge is 0.462 e. The second-order valence-electron chi connectivity index (χ2n) is 12.4. The number of hydrogen-bond donors (Lipinski definition) is 0. The molecule has 2 fully saturated rings. The van der Waals surface area contributed by atoms with Crippen molar-refractivity contribution in [3.8, 4) is 17.1 Å². The van der Waals surface area contributed by atoms with Crippen molar-refractivity contribution >= 4 is 11.7 Å². The molecule has 0 amide bonds. The minimum absolute atomic E-state index is 0.330. The standard InChI is InChI=1S/C36H41N5O2/c1-4-43-36(42)32-22-37-41(25(32)3)34-10-6-9-33(38-34)31-8-5-7-27-17-20-40(35(27)31)23-29-12-11-28(21-24(29)2)26-15-18-39(19-16-26)30-13-14-30/h5-12,21-22,26,30H,4,13-20,23H2,1-3H3. The van der Waals surface area contributed by atoms with Crippen LogP contribution in [0.5, 0.6) is 0 Å². The van der Waals surface area contributed by atoms with Crippen molar-refractivity contribution in [2.75, 3.05) is 31.1 Å². The van der Waals surface area contributed by atoms with E-state index in [1.54, 1.807) is 17.8 Å². The van der Waals surface area contributed by atoms with Crippen LogP contribution >= 0.6 is 0 Å². The van der Waals surface area contributed by atoms with Crippen LogP contribution in [0.25, 0.3) is 17.1 Å². The summed E-state index contributed by atoms with van der Waals surface area (Å²) in [5, 5.41) is 4.47. The number of aryl methyl sites for hydroxylation is 1. The normalized spacial score (nSPS) is 17.3. The lowest BCUT2D eigenvalue weighted by molar-refractivity contribution is 0.0525. The SMILES string of the molecule is CCOC(=O)c1cnn(-c2cccc(-c3cccc4c3N(Cc3ccc(C5CCN(C6CC6)CC5)cc3C)CC4)n2)c1C. The van der Waals surface area contributed by atoms with Crippen LogP contribution in [0, 0.1) is 13.8 Å². The number of benzene rings is 2. The number of para-hydroxylation sites is 1. The first-order chi connectivity index (χ1) is 21.0. The Bertz CT molecular complexity index is 1650. The van der Waals surface area contributed by atoms with Crippen LogP contribution in [0.1, 0.15) is 76.8 Å². The summed E-state index contributed by atoms with van der Waals surface area (Å²) in [6, 6.07) is 20.7. The van der Waals surface area contributed by atoms with E-state index >= 15 is 0 Å². The minimum atomic E-state index is -0.360. The van der Waals surface area contributed by atoms with Crippen molar-refractivity contribution in [2.24, 2.45) is 0 Å². The third-order valence-corrected chi connectivity index (χ3v) is 9.61. The Morgan fingerprint density at radius 1 is 0.977 bits per heavy atom. The minimum Gasteiger partial charge on any atom is -0.462 e. The molecule has 4 heterocycles. The molecule has 0 N–H and O–H groups in total. The zero-order chi connectivity index (χ0) is 29.5. The Morgan fingerprint density at radius 2 is 1.79 bits per heavy atom. The van der Waals surface area contributed by atoms with Gasteiger partial charge in [0.2, 0.25) is 0 Å². The first kappa shape index (κ1) is 27.8. The van der Waals surface area contributed by atoms with Gasteiger partial charge in [0.1, 0.15) is 5.56 Å². The Morgan fingerprint density at radius 3 is 2.56 bits per heavy atom. The molecule has 7 heteroatoms. The van der Waals surface area contributed by atoms with Gasteiger partial charge >= 0.3 is 5.97 Å². The van der Waals surface area contributed by atoms with Crippen LogP contribution in [0.4, 0.5) is 5.69 Å². The summed E-state index contributed by atoms with van der Waals surface area (Å²) >= 11 is 0. The van der Waals surface area contributed by atoms with E-state index in [2.05, 4.69) is 64.3 Å². The number of esters is 1. The molecule has 2 aromatic heterocycles. The summed E-state index contributed by atoms with van der Waals surface area (Å²) in [5.41, 5.74) is 10.1. The zero-order valence-corrected chi connectivity index (χ0v) is 25.6. The van der Waals surface area contributed by atoms with Gasteiger partial charge in [-0.1, -0.05) is 42.5 Å². The van der Waals surface area contributed by atoms with Gasteiger partial charge in [-0.15, -0.1) is 0 Å². The molecular formula is C36H41N5O2. The lowest BCUT2D eigenvalue weighted by Gasteiger charge is -2.32. The number of anilines is 1. The maximum absolute atomic E-state index is 12.4. The van der Waals surface area contributed by atoms with Crippen LogP contribution in [0.3, 0.4) is 0 Å². The number of carbonyl (C=O) groups excluding carboxylic acids is 1. The fourth-order valence-electron chi connectivity index (χ4n) is 7.03. The van der Waals surface area contributed by atoms with Crippen LogP contribution in [-0.2, 0) is 17.7 Å². The molecule has 1 saturated heterocycles. The van der Waals surface area contributed by atoms with Gasteiger partial charge in [0.05, 0.1) is 24.2 Å². The summed E-state index contributed by atoms with van der Waals surface area (Å²) in [6.45, 7) is 10.7. The van der Waals surface area contributed by atoms with Gasteiger partial charge < -0.3 is 14.5 Å². The zero-order valence-electron chi connectivity index (χ0n) is 25.6. The molecule has 0 atom stereocenters. The second kappa shape index (κ2) is 11.6. The number of nitrogens with zero attached hydrogens (tertiary/aromatic N) is 5. The van der Waals surface area contributed by atoms with E-state index in [0.29, 0.717) is 23.9 Å². The molecule has 0 radical (unpaired) electrons. The quantitative estimate of drug-likeness (QED) is 0.220. The lowest BCUT2D eigenvalue weighted by atomic mass is 9.87. The highest BCUT2D eigenvalue weighted by Gasteiger charge is 2.32. The first-order valence-electron chi connectivity index (χ1n) is 15.9. The number of aromatic nitrogens is 3. The molecule has 2 aliphatic heterocycles. The lowest BCUT2D eigenvalue weighted by Crippen LogP contribution is -2.34. The third kappa shape index (κ3) is 5.47. The van der Waals surface area contributed by atoms with Crippen molar-refractivity contribution in [3.63, 3.8) is 0 Å². The molecule has 1 saturated carbocycles. The predicted molar refractivity (Wildman–Crippen MR) is 170 cm³/mol. The summed E-state index contributed by atoms with van der Waals surface area (Å²) in [6.07, 6.45) is 7.97. The maximum Gasteiger partial charge on any atom is 0.341 e. The predicted octanol–water partition coefficient (Wildman–Crippen LogP) is 6.63. The fraction of sp³-hybridized carbons (Fsp3) is 0.417. The number of likely N-dealkylation sites (tertiary alicyclic amines) is 1. The van der Waals surface area contributed by atoms with Crippen LogP contribution in [0.15, 0.2) is 60.8 Å². The molecule has 0 bridgehead atoms. The smallest absolute Gasteiger partial charge is 0.341 e. The van der Waals surface area contributed by atoms with Crippen molar-refractivity contribution in [1.82, 2.24) is 19.7 Å². The summed E-state index contributed by atoms with van der Waals surface area (Å²) < 4.78 is 6.92. The van der Waals surface area contributed by atoms with Gasteiger partial charge in [0.15, 0.2) is 5.82 Å². The Kier molecular flexibility index (Phi) is 7.51. The van der Waals surface area contributed by atoms with E-state index < -0.39 is 0 Å². The van der Waals surface area contributed by atoms with Gasteiger partial charge in [-0.2, -0.15) is 5.10 Å². The molecule has 0 unspecified atom stereocenters. The van der Waals surface area contributed by atoms with Gasteiger partial charge in [0.25, 0.3) is 0 Å². The molecule has 43 heavy (non-hydrogen) atoms. The van der Waals surface area contributed by atoms with Gasteiger partial charge in [-0.25, -0.2) is 14.5 Å². The van der Waals surface area contributed by atoms with E-state index in [4.69, 9.17) is 9.72 Å². The number of fused-ring (bicyclic) bond motifs is 1. The first-order valence-corrected chi connectivity index (χ1v) is 15.9. The highest BCUT2D eigenvalue weighted by Crippen LogP contribution is 2.39. The molecule has 4 aromatic rings. The molecule has 222 valence electrons. The van der Waals surface area contributed by atoms with Gasteiger partial charge in [-0.05, 0) is 106 Å². The summed E-state index contributed by atoms with van der Waals surface area (Å²) in [5.74, 6) is 1.01. The monoisotopic (exact) mass is 575 g/mol. The number of ether oxygens (including phenoxy) is 1. The Labute approximate surface area is 254 Å². The van der Waals surface area contributed by atoms with Crippen molar-refractivity contribution < 1.29 is 9.53 Å². The van der Waals surface area contributed by atoms with Crippen LogP contribution in [-0.4, -0.2) is 57.9 Å². The number of pyridine rings is 1. The molecule has 1 aliphatic carbocycles. The van der Waals surface area contributed by atoms with Crippen molar-refractivity contribution in [3.05, 3.63) is 94.3 Å². The van der Waals surface area contributed by atoms with Gasteiger partial charge in [-0.3, -0.25) is 0 Å². The third-order valence-electron chi connectivity index (χ3n) is 9.61. The average Bonchev–Trinajstić information content (AvgIpc) is 3.69. The van der Waals surface area contributed by atoms with Crippen molar-refractivity contribution in [1.29, 1.82) is 0 Å². The molecule has 0 spiro atoms. The number of hydrogen-bond acceptors (Lipinski definition) is 6. The van der Waals surface area contributed by atoms with Gasteiger partial charge in [0, 0.05) is 30.4 Å². The van der Waals surface area contributed by atoms with E-state index in [1.807, 2.05) is 19.1 Å². The molecule has 7 nitrogen and oxygen atoms in total. The van der Waals surface area contributed by atoms with E-state index in [1.165, 1.54) is 66.7 Å².